The van der Waals surface area contributed by atoms with Crippen LogP contribution in [0.1, 0.15) is 39.1 Å². The highest BCUT2D eigenvalue weighted by molar-refractivity contribution is 7.59. The van der Waals surface area contributed by atoms with Crippen LogP contribution in [0.2, 0.25) is 0 Å². The second-order valence-corrected chi connectivity index (χ2v) is 10.9. The molecule has 1 atom stereocenters. The van der Waals surface area contributed by atoms with E-state index in [1.165, 1.54) is 0 Å². The third-order valence-corrected chi connectivity index (χ3v) is 8.07. The molecule has 40 heavy (non-hydrogen) atoms. The molecule has 0 aromatic heterocycles. The zero-order valence-corrected chi connectivity index (χ0v) is 21.9. The molecule has 4 amide bonds. The van der Waals surface area contributed by atoms with Gasteiger partial charge in [0, 0.05) is 17.7 Å². The molecule has 1 aliphatic rings. The number of piperidine rings is 1. The summed E-state index contributed by atoms with van der Waals surface area (Å²) in [6, 6.07) is 16.3. The largest absolute Gasteiger partial charge is 0.445 e. The lowest BCUT2D eigenvalue weighted by molar-refractivity contribution is -0.130. The highest BCUT2D eigenvalue weighted by Crippen LogP contribution is 2.44. The third-order valence-electron chi connectivity index (χ3n) is 5.98. The smallest absolute Gasteiger partial charge is 0.408 e. The van der Waals surface area contributed by atoms with E-state index in [0.717, 1.165) is 58.8 Å². The van der Waals surface area contributed by atoms with Gasteiger partial charge in [0.2, 0.25) is 0 Å². The van der Waals surface area contributed by atoms with Crippen LogP contribution in [0.5, 0.6) is 0 Å². The number of amides is 4. The minimum atomic E-state index is -4.56. The number of hydrogen-bond donors (Lipinski definition) is 3. The summed E-state index contributed by atoms with van der Waals surface area (Å²) < 4.78 is 46.8. The first-order valence-corrected chi connectivity index (χ1v) is 13.9. The maximum Gasteiger partial charge on any atom is 0.408 e. The first-order chi connectivity index (χ1) is 19.1. The summed E-state index contributed by atoms with van der Waals surface area (Å²) in [5, 5.41) is 6.86. The van der Waals surface area contributed by atoms with Crippen LogP contribution in [0, 0.1) is 11.6 Å². The fourth-order valence-corrected chi connectivity index (χ4v) is 5.88. The topological polar surface area (TPSA) is 134 Å². The number of halogens is 2. The number of hydrogen-bond acceptors (Lipinski definition) is 6. The molecule has 0 bridgehead atoms. The SMILES string of the molecule is O=C(N[C@H]1CCCN(P(=O)(NC(=O)c2ccc(F)cc2)NC(=O)c2ccc(F)cc2)C1=O)OCc1ccccc1. The standard InChI is InChI=1S/C27H25F2N4O6P/c28-21-12-8-19(9-13-21)24(34)31-40(38,32-25(35)20-10-14-22(29)15-11-20)33-16-4-7-23(26(33)36)30-27(37)39-17-18-5-2-1-3-6-18/h1-3,5-6,8-15,23H,4,7,16-17H2,(H,30,37)(H2,31,32,34,35,38)/t23-/m0/s1. The second kappa shape index (κ2) is 12.5. The van der Waals surface area contributed by atoms with E-state index < -0.39 is 49.1 Å². The van der Waals surface area contributed by atoms with Gasteiger partial charge >= 0.3 is 13.7 Å². The fraction of sp³-hybridized carbons (Fsp3) is 0.185. The van der Waals surface area contributed by atoms with Crippen molar-refractivity contribution in [3.63, 3.8) is 0 Å². The second-order valence-electron chi connectivity index (χ2n) is 8.83. The maximum atomic E-state index is 14.2. The molecule has 4 rings (SSSR count). The van der Waals surface area contributed by atoms with Gasteiger partial charge in [-0.1, -0.05) is 30.3 Å². The Morgan fingerprint density at radius 3 is 1.90 bits per heavy atom. The van der Waals surface area contributed by atoms with Gasteiger partial charge in [-0.25, -0.2) is 18.1 Å². The van der Waals surface area contributed by atoms with Gasteiger partial charge in [0.05, 0.1) is 0 Å². The van der Waals surface area contributed by atoms with Crippen molar-refractivity contribution < 1.29 is 37.3 Å². The summed E-state index contributed by atoms with van der Waals surface area (Å²) in [6.07, 6.45) is -0.434. The quantitative estimate of drug-likeness (QED) is 0.349. The monoisotopic (exact) mass is 570 g/mol. The Labute approximate surface area is 228 Å². The Morgan fingerprint density at radius 2 is 1.38 bits per heavy atom. The van der Waals surface area contributed by atoms with Gasteiger partial charge < -0.3 is 10.1 Å². The molecule has 208 valence electrons. The third kappa shape index (κ3) is 7.09. The van der Waals surface area contributed by atoms with Gasteiger partial charge in [0.1, 0.15) is 24.3 Å². The van der Waals surface area contributed by atoms with Gasteiger partial charge in [0.25, 0.3) is 17.7 Å². The number of alkyl carbamates (subject to hydrolysis) is 1. The van der Waals surface area contributed by atoms with Gasteiger partial charge in [0.15, 0.2) is 0 Å². The number of nitrogens with zero attached hydrogens (tertiary/aromatic N) is 1. The van der Waals surface area contributed by atoms with Crippen molar-refractivity contribution in [2.75, 3.05) is 6.54 Å². The Morgan fingerprint density at radius 1 is 0.850 bits per heavy atom. The van der Waals surface area contributed by atoms with E-state index in [-0.39, 0.29) is 37.1 Å². The molecule has 3 N–H and O–H groups in total. The summed E-state index contributed by atoms with van der Waals surface area (Å²) in [5.41, 5.74) is 0.563. The molecule has 0 spiro atoms. The molecular weight excluding hydrogens is 545 g/mol. The Kier molecular flexibility index (Phi) is 8.90. The number of nitrogens with one attached hydrogen (secondary N) is 3. The van der Waals surface area contributed by atoms with Crippen molar-refractivity contribution in [1.82, 2.24) is 20.2 Å². The predicted molar refractivity (Wildman–Crippen MR) is 140 cm³/mol. The van der Waals surface area contributed by atoms with Crippen LogP contribution in [-0.2, 0) is 20.7 Å². The summed E-state index contributed by atoms with van der Waals surface area (Å²) in [4.78, 5) is 51.6. The maximum absolute atomic E-state index is 14.2. The number of carbonyl (C=O) groups is 4. The molecule has 13 heteroatoms. The van der Waals surface area contributed by atoms with Crippen LogP contribution in [0.3, 0.4) is 0 Å². The van der Waals surface area contributed by atoms with Crippen molar-refractivity contribution in [3.05, 3.63) is 107 Å². The molecule has 3 aromatic rings. The summed E-state index contributed by atoms with van der Waals surface area (Å²) in [5.74, 6) is -3.95. The number of carbonyl (C=O) groups excluding carboxylic acids is 4. The summed E-state index contributed by atoms with van der Waals surface area (Å²) in [6.45, 7) is -0.169. The van der Waals surface area contributed by atoms with Gasteiger partial charge in [-0.05, 0) is 66.9 Å². The number of ether oxygens (including phenoxy) is 1. The van der Waals surface area contributed by atoms with E-state index in [0.29, 0.717) is 0 Å². The van der Waals surface area contributed by atoms with E-state index >= 15 is 0 Å². The summed E-state index contributed by atoms with van der Waals surface area (Å²) in [7, 11) is -4.56. The zero-order valence-electron chi connectivity index (χ0n) is 21.0. The molecule has 0 radical (unpaired) electrons. The van der Waals surface area contributed by atoms with E-state index in [9.17, 15) is 32.5 Å². The zero-order chi connectivity index (χ0) is 28.7. The minimum Gasteiger partial charge on any atom is -0.445 e. The molecule has 0 unspecified atom stereocenters. The molecule has 1 aliphatic heterocycles. The van der Waals surface area contributed by atoms with Crippen LogP contribution in [-0.4, -0.2) is 41.1 Å². The molecule has 10 nitrogen and oxygen atoms in total. The minimum absolute atomic E-state index is 0.0444. The Balaban J connectivity index is 1.53. The van der Waals surface area contributed by atoms with Crippen molar-refractivity contribution in [2.45, 2.75) is 25.5 Å². The van der Waals surface area contributed by atoms with Crippen LogP contribution >= 0.6 is 7.59 Å². The lowest BCUT2D eigenvalue weighted by atomic mass is 10.1. The molecular formula is C27H25F2N4O6P. The van der Waals surface area contributed by atoms with E-state index in [4.69, 9.17) is 4.74 Å². The van der Waals surface area contributed by atoms with Gasteiger partial charge in [-0.15, -0.1) is 0 Å². The first kappa shape index (κ1) is 28.4. The molecule has 0 saturated carbocycles. The van der Waals surface area contributed by atoms with Crippen LogP contribution in [0.15, 0.2) is 78.9 Å². The van der Waals surface area contributed by atoms with Crippen molar-refractivity contribution in [1.29, 1.82) is 0 Å². The lowest BCUT2D eigenvalue weighted by Crippen LogP contribution is -2.54. The predicted octanol–water partition coefficient (Wildman–Crippen LogP) is 4.15. The van der Waals surface area contributed by atoms with Gasteiger partial charge in [-0.3, -0.25) is 29.2 Å². The Bertz CT molecular complexity index is 1370. The molecule has 1 saturated heterocycles. The average Bonchev–Trinajstić information content (AvgIpc) is 2.94. The Hall–Kier alpha value is -4.57. The summed E-state index contributed by atoms with van der Waals surface area (Å²) >= 11 is 0. The number of benzene rings is 3. The van der Waals surface area contributed by atoms with Crippen molar-refractivity contribution >= 4 is 31.4 Å². The van der Waals surface area contributed by atoms with Gasteiger partial charge in [-0.2, -0.15) is 0 Å². The fourth-order valence-electron chi connectivity index (χ4n) is 3.93. The van der Waals surface area contributed by atoms with E-state index in [1.54, 1.807) is 30.3 Å². The molecule has 1 heterocycles. The highest BCUT2D eigenvalue weighted by Gasteiger charge is 2.43. The number of rotatable bonds is 8. The highest BCUT2D eigenvalue weighted by atomic mass is 31.2. The van der Waals surface area contributed by atoms with Crippen molar-refractivity contribution in [3.8, 4) is 0 Å². The molecule has 0 aliphatic carbocycles. The molecule has 3 aromatic carbocycles. The van der Waals surface area contributed by atoms with Crippen LogP contribution in [0.4, 0.5) is 13.6 Å². The van der Waals surface area contributed by atoms with Crippen LogP contribution < -0.4 is 15.5 Å². The van der Waals surface area contributed by atoms with Crippen molar-refractivity contribution in [2.24, 2.45) is 0 Å². The molecule has 1 fully saturated rings. The lowest BCUT2D eigenvalue weighted by Gasteiger charge is -2.37. The average molecular weight is 570 g/mol. The van der Waals surface area contributed by atoms with E-state index in [1.807, 2.05) is 0 Å². The van der Waals surface area contributed by atoms with E-state index in [2.05, 4.69) is 15.5 Å². The normalized spacial score (nSPS) is 15.2. The first-order valence-electron chi connectivity index (χ1n) is 12.2. The van der Waals surface area contributed by atoms with Crippen LogP contribution in [0.25, 0.3) is 0 Å².